The Morgan fingerprint density at radius 2 is 1.61 bits per heavy atom. The molecule has 0 aliphatic rings. The Labute approximate surface area is 212 Å². The first-order chi connectivity index (χ1) is 17.7. The van der Waals surface area contributed by atoms with Gasteiger partial charge in [0.05, 0.1) is 18.1 Å². The molecule has 6 aromatic rings. The van der Waals surface area contributed by atoms with Crippen molar-refractivity contribution in [1.82, 2.24) is 14.5 Å². The second-order valence-corrected chi connectivity index (χ2v) is 9.51. The molecule has 2 heterocycles. The van der Waals surface area contributed by atoms with Crippen molar-refractivity contribution in [2.45, 2.75) is 10.4 Å². The second-order valence-electron chi connectivity index (χ2n) is 8.44. The monoisotopic (exact) mass is 489 g/mol. The van der Waals surface area contributed by atoms with Gasteiger partial charge in [-0.2, -0.15) is 0 Å². The number of fused-ring (bicyclic) bond motifs is 2. The lowest BCUT2D eigenvalue weighted by molar-refractivity contribution is 0.0991. The molecule has 0 fully saturated rings. The molecule has 0 aliphatic heterocycles. The number of H-pyrrole nitrogens is 1. The number of ketones is 1. The summed E-state index contributed by atoms with van der Waals surface area (Å²) in [4.78, 5) is 22.3. The van der Waals surface area contributed by atoms with Crippen molar-refractivity contribution in [3.05, 3.63) is 120 Å². The van der Waals surface area contributed by atoms with Crippen molar-refractivity contribution < 1.29 is 9.53 Å². The first-order valence-corrected chi connectivity index (χ1v) is 12.5. The number of nitrogens with one attached hydrogen (secondary N) is 1. The maximum Gasteiger partial charge on any atom is 0.182 e. The van der Waals surface area contributed by atoms with E-state index in [4.69, 9.17) is 9.72 Å². The van der Waals surface area contributed by atoms with E-state index in [1.165, 1.54) is 11.8 Å². The number of aromatic amines is 1. The van der Waals surface area contributed by atoms with Crippen molar-refractivity contribution in [3.63, 3.8) is 0 Å². The number of benzene rings is 4. The zero-order valence-electron chi connectivity index (χ0n) is 19.6. The predicted molar refractivity (Wildman–Crippen MR) is 145 cm³/mol. The standard InChI is InChI=1S/C30H23N3O2S/c1-35-22-17-15-21(16-18-22)33-27-14-8-7-13-26(27)32-30(33)36-29(20-9-3-2-4-10-20)28(34)24-19-31-25-12-6-5-11-23(24)25/h2-19,29,31H,1H3/t29-/m0/s1. The van der Waals surface area contributed by atoms with Crippen LogP contribution in [0.25, 0.3) is 27.6 Å². The van der Waals surface area contributed by atoms with Gasteiger partial charge < -0.3 is 9.72 Å². The van der Waals surface area contributed by atoms with E-state index in [1.54, 1.807) is 7.11 Å². The van der Waals surface area contributed by atoms with Gasteiger partial charge in [0, 0.05) is 28.4 Å². The smallest absolute Gasteiger partial charge is 0.182 e. The van der Waals surface area contributed by atoms with Gasteiger partial charge in [0.25, 0.3) is 0 Å². The second kappa shape index (κ2) is 9.40. The van der Waals surface area contributed by atoms with Crippen molar-refractivity contribution in [1.29, 1.82) is 0 Å². The number of carbonyl (C=O) groups is 1. The maximum atomic E-state index is 14.1. The van der Waals surface area contributed by atoms with Gasteiger partial charge in [0.1, 0.15) is 11.0 Å². The molecule has 4 aromatic carbocycles. The highest BCUT2D eigenvalue weighted by Crippen LogP contribution is 2.41. The van der Waals surface area contributed by atoms with Gasteiger partial charge in [0.15, 0.2) is 10.9 Å². The first-order valence-electron chi connectivity index (χ1n) is 11.7. The van der Waals surface area contributed by atoms with Crippen molar-refractivity contribution in [2.24, 2.45) is 0 Å². The minimum atomic E-state index is -0.473. The van der Waals surface area contributed by atoms with Crippen LogP contribution in [0, 0.1) is 0 Å². The summed E-state index contributed by atoms with van der Waals surface area (Å²) in [5.41, 5.74) is 5.38. The molecule has 0 spiro atoms. The molecule has 5 nitrogen and oxygen atoms in total. The molecule has 36 heavy (non-hydrogen) atoms. The summed E-state index contributed by atoms with van der Waals surface area (Å²) in [7, 11) is 1.66. The van der Waals surface area contributed by atoms with E-state index >= 15 is 0 Å². The third kappa shape index (κ3) is 3.95. The van der Waals surface area contributed by atoms with Gasteiger partial charge in [-0.25, -0.2) is 4.98 Å². The number of aromatic nitrogens is 3. The van der Waals surface area contributed by atoms with Gasteiger partial charge in [-0.1, -0.05) is 72.4 Å². The van der Waals surface area contributed by atoms with Gasteiger partial charge in [0.2, 0.25) is 0 Å². The molecule has 0 radical (unpaired) electrons. The number of carbonyl (C=O) groups excluding carboxylic acids is 1. The van der Waals surface area contributed by atoms with Crippen molar-refractivity contribution >= 4 is 39.5 Å². The summed E-state index contributed by atoms with van der Waals surface area (Å²) in [6.45, 7) is 0. The van der Waals surface area contributed by atoms with E-state index in [-0.39, 0.29) is 5.78 Å². The molecule has 6 rings (SSSR count). The number of imidazole rings is 1. The Kier molecular flexibility index (Phi) is 5.79. The number of methoxy groups -OCH3 is 1. The number of ether oxygens (including phenoxy) is 1. The Morgan fingerprint density at radius 1 is 0.889 bits per heavy atom. The highest BCUT2D eigenvalue weighted by molar-refractivity contribution is 8.00. The zero-order valence-corrected chi connectivity index (χ0v) is 20.4. The predicted octanol–water partition coefficient (Wildman–Crippen LogP) is 7.23. The summed E-state index contributed by atoms with van der Waals surface area (Å²) in [6.07, 6.45) is 1.82. The van der Waals surface area contributed by atoms with Crippen LogP contribution in [0.1, 0.15) is 21.2 Å². The summed E-state index contributed by atoms with van der Waals surface area (Å²) in [5, 5.41) is 1.20. The van der Waals surface area contributed by atoms with E-state index in [9.17, 15) is 4.79 Å². The molecule has 0 saturated heterocycles. The Morgan fingerprint density at radius 3 is 2.42 bits per heavy atom. The molecule has 0 unspecified atom stereocenters. The third-order valence-corrected chi connectivity index (χ3v) is 7.49. The van der Waals surface area contributed by atoms with E-state index in [2.05, 4.69) is 15.6 Å². The number of hydrogen-bond donors (Lipinski definition) is 1. The van der Waals surface area contributed by atoms with Crippen LogP contribution in [-0.4, -0.2) is 27.4 Å². The van der Waals surface area contributed by atoms with Gasteiger partial charge >= 0.3 is 0 Å². The molecule has 1 atom stereocenters. The average molecular weight is 490 g/mol. The summed E-state index contributed by atoms with van der Waals surface area (Å²) >= 11 is 1.47. The fourth-order valence-electron chi connectivity index (χ4n) is 4.49. The van der Waals surface area contributed by atoms with E-state index in [0.29, 0.717) is 5.56 Å². The van der Waals surface area contributed by atoms with E-state index in [1.807, 2.05) is 103 Å². The molecule has 0 saturated carbocycles. The van der Waals surface area contributed by atoms with Crippen LogP contribution in [-0.2, 0) is 0 Å². The number of nitrogens with zero attached hydrogens (tertiary/aromatic N) is 2. The quantitative estimate of drug-likeness (QED) is 0.190. The van der Waals surface area contributed by atoms with Crippen LogP contribution in [0.5, 0.6) is 5.75 Å². The molecule has 176 valence electrons. The van der Waals surface area contributed by atoms with Gasteiger partial charge in [-0.05, 0) is 48.0 Å². The molecule has 0 aliphatic carbocycles. The number of hydrogen-bond acceptors (Lipinski definition) is 4. The normalized spacial score (nSPS) is 12.1. The van der Waals surface area contributed by atoms with Crippen LogP contribution < -0.4 is 4.74 Å². The Hall–Kier alpha value is -4.29. The molecule has 6 heteroatoms. The zero-order chi connectivity index (χ0) is 24.5. The fourth-order valence-corrected chi connectivity index (χ4v) is 5.68. The van der Waals surface area contributed by atoms with Gasteiger partial charge in [-0.3, -0.25) is 9.36 Å². The van der Waals surface area contributed by atoms with Crippen LogP contribution in [0.4, 0.5) is 0 Å². The summed E-state index contributed by atoms with van der Waals surface area (Å²) in [6, 6.07) is 33.7. The molecule has 1 N–H and O–H groups in total. The van der Waals surface area contributed by atoms with E-state index in [0.717, 1.165) is 44.1 Å². The van der Waals surface area contributed by atoms with E-state index < -0.39 is 5.25 Å². The summed E-state index contributed by atoms with van der Waals surface area (Å²) < 4.78 is 7.47. The number of para-hydroxylation sites is 3. The van der Waals surface area contributed by atoms with Gasteiger partial charge in [-0.15, -0.1) is 0 Å². The number of thioether (sulfide) groups is 1. The Bertz CT molecular complexity index is 1670. The molecule has 0 amide bonds. The Balaban J connectivity index is 1.49. The van der Waals surface area contributed by atoms with Crippen molar-refractivity contribution in [3.8, 4) is 11.4 Å². The van der Waals surface area contributed by atoms with Crippen LogP contribution >= 0.6 is 11.8 Å². The van der Waals surface area contributed by atoms with Crippen molar-refractivity contribution in [2.75, 3.05) is 7.11 Å². The largest absolute Gasteiger partial charge is 0.497 e. The lowest BCUT2D eigenvalue weighted by Crippen LogP contribution is -2.11. The molecular formula is C30H23N3O2S. The molecular weight excluding hydrogens is 466 g/mol. The first kappa shape index (κ1) is 22.2. The lowest BCUT2D eigenvalue weighted by Gasteiger charge is -2.17. The minimum Gasteiger partial charge on any atom is -0.497 e. The number of rotatable bonds is 7. The fraction of sp³-hybridized carbons (Fsp3) is 0.0667. The summed E-state index contributed by atoms with van der Waals surface area (Å²) in [5.74, 6) is 0.825. The molecule has 0 bridgehead atoms. The van der Waals surface area contributed by atoms with Crippen LogP contribution in [0.15, 0.2) is 114 Å². The minimum absolute atomic E-state index is 0.0389. The topological polar surface area (TPSA) is 59.9 Å². The highest BCUT2D eigenvalue weighted by atomic mass is 32.2. The van der Waals surface area contributed by atoms with Crippen LogP contribution in [0.3, 0.4) is 0 Å². The SMILES string of the molecule is COc1ccc(-n2c(S[C@H](C(=O)c3c[nH]c4ccccc34)c3ccccc3)nc3ccccc32)cc1. The molecule has 2 aromatic heterocycles. The lowest BCUT2D eigenvalue weighted by atomic mass is 10.0. The van der Waals surface area contributed by atoms with Crippen LogP contribution in [0.2, 0.25) is 0 Å². The maximum absolute atomic E-state index is 14.1. The third-order valence-electron chi connectivity index (χ3n) is 6.28. The average Bonchev–Trinajstić information content (AvgIpc) is 3.53. The number of Topliss-reactive ketones (excluding diaryl/α,β-unsaturated/α-hetero) is 1. The highest BCUT2D eigenvalue weighted by Gasteiger charge is 2.28.